The fraction of sp³-hybridized carbons (Fsp3) is 0.222. The Morgan fingerprint density at radius 3 is 2.57 bits per heavy atom. The monoisotopic (exact) mass is 218 g/mol. The molecule has 2 nitrogen and oxygen atoms in total. The van der Waals surface area contributed by atoms with E-state index in [-0.39, 0.29) is 0 Å². The molecule has 0 aliphatic carbocycles. The van der Waals surface area contributed by atoms with Crippen LogP contribution in [0.1, 0.15) is 0 Å². The maximum Gasteiger partial charge on any atom is 0.372 e. The molecular weight excluding hydrogens is 210 g/mol. The van der Waals surface area contributed by atoms with Crippen LogP contribution in [0.3, 0.4) is 0 Å². The van der Waals surface area contributed by atoms with Crippen LogP contribution in [0.2, 0.25) is 0 Å². The van der Waals surface area contributed by atoms with Crippen LogP contribution in [0.25, 0.3) is 0 Å². The average Bonchev–Trinajstić information content (AvgIpc) is 2.16. The Morgan fingerprint density at radius 2 is 2.00 bits per heavy atom. The second-order valence-corrected chi connectivity index (χ2v) is 3.32. The van der Waals surface area contributed by atoms with Gasteiger partial charge in [0, 0.05) is 0 Å². The van der Waals surface area contributed by atoms with Crippen LogP contribution < -0.4 is 4.74 Å². The molecule has 0 amide bonds. The molecule has 76 valence electrons. The lowest BCUT2D eigenvalue weighted by atomic mass is 10.3. The number of thioether (sulfide) groups is 1. The summed E-state index contributed by atoms with van der Waals surface area (Å²) in [6, 6.07) is 8.33. The number of benzene rings is 1. The highest BCUT2D eigenvalue weighted by Gasteiger charge is 2.10. The van der Waals surface area contributed by atoms with Crippen LogP contribution in [0.15, 0.2) is 30.3 Å². The zero-order valence-electron chi connectivity index (χ0n) is 7.15. The third-order valence-corrected chi connectivity index (χ3v) is 2.01. The number of para-hydroxylation sites is 1. The van der Waals surface area contributed by atoms with Gasteiger partial charge in [0.25, 0.3) is 0 Å². The summed E-state index contributed by atoms with van der Waals surface area (Å²) in [7, 11) is 0. The first-order valence-corrected chi connectivity index (χ1v) is 4.85. The molecule has 0 heterocycles. The molecular formula is C9H8F2O2S. The lowest BCUT2D eigenvalue weighted by Crippen LogP contribution is -2.04. The summed E-state index contributed by atoms with van der Waals surface area (Å²) in [6.07, 6.45) is -2.50. The number of rotatable bonds is 3. The quantitative estimate of drug-likeness (QED) is 0.729. The molecule has 0 fully saturated rings. The van der Waals surface area contributed by atoms with E-state index in [0.717, 1.165) is 0 Å². The Kier molecular flexibility index (Phi) is 4.39. The normalized spacial score (nSPS) is 10.2. The molecule has 0 spiro atoms. The zero-order valence-corrected chi connectivity index (χ0v) is 7.97. The molecule has 1 aromatic carbocycles. The molecule has 0 saturated carbocycles. The fourth-order valence-electron chi connectivity index (χ4n) is 0.745. The van der Waals surface area contributed by atoms with Gasteiger partial charge in [0.15, 0.2) is 0 Å². The Labute approximate surface area is 84.3 Å². The molecule has 1 rings (SSSR count). The molecule has 0 aromatic heterocycles. The minimum absolute atomic E-state index is 0.360. The molecule has 0 bridgehead atoms. The number of carbonyl (C=O) groups is 1. The molecule has 0 saturated heterocycles. The smallest absolute Gasteiger partial charge is 0.372 e. The number of carbonyl (C=O) groups excluding carboxylic acids is 1. The van der Waals surface area contributed by atoms with Crippen LogP contribution in [0.4, 0.5) is 13.6 Å². The van der Waals surface area contributed by atoms with E-state index in [9.17, 15) is 13.6 Å². The topological polar surface area (TPSA) is 26.3 Å². The van der Waals surface area contributed by atoms with Gasteiger partial charge in [-0.3, -0.25) is 0 Å². The first kappa shape index (κ1) is 11.0. The second-order valence-electron chi connectivity index (χ2n) is 2.37. The Morgan fingerprint density at radius 1 is 1.36 bits per heavy atom. The van der Waals surface area contributed by atoms with Crippen LogP contribution in [-0.4, -0.2) is 17.5 Å². The van der Waals surface area contributed by atoms with Gasteiger partial charge in [-0.25, -0.2) is 13.6 Å². The summed E-state index contributed by atoms with van der Waals surface area (Å²) < 4.78 is 28.2. The molecule has 0 atom stereocenters. The SMILES string of the molecule is O=C(Oc1ccccc1)SCC(F)F. The third kappa shape index (κ3) is 4.23. The van der Waals surface area contributed by atoms with Crippen molar-refractivity contribution in [2.75, 3.05) is 5.75 Å². The van der Waals surface area contributed by atoms with Gasteiger partial charge < -0.3 is 4.74 Å². The first-order chi connectivity index (χ1) is 6.68. The highest BCUT2D eigenvalue weighted by Crippen LogP contribution is 2.15. The lowest BCUT2D eigenvalue weighted by Gasteiger charge is -2.02. The maximum atomic E-state index is 11.7. The van der Waals surface area contributed by atoms with Crippen molar-refractivity contribution in [1.29, 1.82) is 0 Å². The fourth-order valence-corrected chi connectivity index (χ4v) is 1.16. The third-order valence-electron chi connectivity index (χ3n) is 1.27. The molecule has 0 aliphatic heterocycles. The van der Waals surface area contributed by atoms with Gasteiger partial charge in [0.1, 0.15) is 5.75 Å². The minimum atomic E-state index is -2.50. The van der Waals surface area contributed by atoms with E-state index in [0.29, 0.717) is 17.5 Å². The number of alkyl halides is 2. The van der Waals surface area contributed by atoms with E-state index in [2.05, 4.69) is 0 Å². The van der Waals surface area contributed by atoms with Crippen LogP contribution in [0, 0.1) is 0 Å². The van der Waals surface area contributed by atoms with Gasteiger partial charge in [-0.2, -0.15) is 0 Å². The van der Waals surface area contributed by atoms with Gasteiger partial charge in [-0.15, -0.1) is 0 Å². The molecule has 0 unspecified atom stereocenters. The van der Waals surface area contributed by atoms with Crippen molar-refractivity contribution < 1.29 is 18.3 Å². The van der Waals surface area contributed by atoms with Gasteiger partial charge in [0.2, 0.25) is 6.43 Å². The first-order valence-electron chi connectivity index (χ1n) is 3.86. The number of hydrogen-bond donors (Lipinski definition) is 0. The zero-order chi connectivity index (χ0) is 10.4. The van der Waals surface area contributed by atoms with Crippen LogP contribution in [0.5, 0.6) is 5.75 Å². The van der Waals surface area contributed by atoms with Gasteiger partial charge >= 0.3 is 5.30 Å². The number of halogens is 2. The van der Waals surface area contributed by atoms with E-state index in [1.165, 1.54) is 0 Å². The Bertz CT molecular complexity index is 290. The van der Waals surface area contributed by atoms with E-state index in [4.69, 9.17) is 4.74 Å². The van der Waals surface area contributed by atoms with Crippen molar-refractivity contribution in [2.24, 2.45) is 0 Å². The predicted octanol–water partition coefficient (Wildman–Crippen LogP) is 3.18. The summed E-state index contributed by atoms with van der Waals surface area (Å²) >= 11 is 0.468. The van der Waals surface area contributed by atoms with E-state index in [1.807, 2.05) is 0 Å². The standard InChI is InChI=1S/C9H8F2O2S/c10-8(11)6-14-9(12)13-7-4-2-1-3-5-7/h1-5,8H,6H2. The molecule has 0 aliphatic rings. The minimum Gasteiger partial charge on any atom is -0.418 e. The lowest BCUT2D eigenvalue weighted by molar-refractivity contribution is 0.176. The maximum absolute atomic E-state index is 11.7. The highest BCUT2D eigenvalue weighted by molar-refractivity contribution is 8.13. The van der Waals surface area contributed by atoms with Crippen molar-refractivity contribution in [3.8, 4) is 5.75 Å². The van der Waals surface area contributed by atoms with E-state index >= 15 is 0 Å². The highest BCUT2D eigenvalue weighted by atomic mass is 32.2. The molecule has 1 aromatic rings. The number of ether oxygens (including phenoxy) is 1. The molecule has 5 heteroatoms. The van der Waals surface area contributed by atoms with Crippen LogP contribution >= 0.6 is 11.8 Å². The van der Waals surface area contributed by atoms with E-state index < -0.39 is 17.5 Å². The van der Waals surface area contributed by atoms with E-state index in [1.54, 1.807) is 30.3 Å². The summed E-state index contributed by atoms with van der Waals surface area (Å²) in [5.41, 5.74) is 0. The average molecular weight is 218 g/mol. The Hall–Kier alpha value is -1.10. The van der Waals surface area contributed by atoms with Crippen molar-refractivity contribution in [1.82, 2.24) is 0 Å². The second kappa shape index (κ2) is 5.59. The van der Waals surface area contributed by atoms with Crippen molar-refractivity contribution in [3.63, 3.8) is 0 Å². The molecule has 0 radical (unpaired) electrons. The molecule has 0 N–H and O–H groups in total. The summed E-state index contributed by atoms with van der Waals surface area (Å²) in [5.74, 6) is -0.176. The van der Waals surface area contributed by atoms with Gasteiger partial charge in [0.05, 0.1) is 5.75 Å². The van der Waals surface area contributed by atoms with Gasteiger partial charge in [-0.05, 0) is 23.9 Å². The largest absolute Gasteiger partial charge is 0.418 e. The van der Waals surface area contributed by atoms with Crippen LogP contribution in [-0.2, 0) is 0 Å². The van der Waals surface area contributed by atoms with Crippen molar-refractivity contribution in [3.05, 3.63) is 30.3 Å². The number of hydrogen-bond acceptors (Lipinski definition) is 3. The summed E-state index contributed by atoms with van der Waals surface area (Å²) in [4.78, 5) is 10.9. The molecule has 14 heavy (non-hydrogen) atoms. The predicted molar refractivity (Wildman–Crippen MR) is 50.9 cm³/mol. The Balaban J connectivity index is 2.35. The summed E-state index contributed by atoms with van der Waals surface area (Å²) in [5, 5.41) is -0.712. The van der Waals surface area contributed by atoms with Crippen molar-refractivity contribution in [2.45, 2.75) is 6.43 Å². The van der Waals surface area contributed by atoms with Crippen molar-refractivity contribution >= 4 is 17.1 Å². The van der Waals surface area contributed by atoms with Gasteiger partial charge in [-0.1, -0.05) is 18.2 Å². The summed E-state index contributed by atoms with van der Waals surface area (Å²) in [6.45, 7) is 0.